The zero-order valence-electron chi connectivity index (χ0n) is 22.0. The Kier molecular flexibility index (Phi) is 6.92. The van der Waals surface area contributed by atoms with E-state index in [9.17, 15) is 0 Å². The molecule has 2 aliphatic heterocycles. The fourth-order valence-electron chi connectivity index (χ4n) is 5.58. The van der Waals surface area contributed by atoms with Crippen molar-refractivity contribution in [1.82, 2.24) is 25.2 Å². The predicted molar refractivity (Wildman–Crippen MR) is 149 cm³/mol. The van der Waals surface area contributed by atoms with Gasteiger partial charge in [-0.2, -0.15) is 4.98 Å². The molecule has 0 bridgehead atoms. The Bertz CT molecular complexity index is 1430. The number of nitrogen functional groups attached to an aromatic ring is 1. The van der Waals surface area contributed by atoms with Crippen LogP contribution in [0.4, 0.5) is 11.8 Å². The number of nitrogens with zero attached hydrogens (tertiary/aromatic N) is 4. The summed E-state index contributed by atoms with van der Waals surface area (Å²) < 4.78 is 16.7. The number of morpholine rings is 1. The van der Waals surface area contributed by atoms with Gasteiger partial charge in [0.15, 0.2) is 17.3 Å². The third-order valence-electron chi connectivity index (χ3n) is 7.63. The van der Waals surface area contributed by atoms with Gasteiger partial charge in [-0.25, -0.2) is 4.98 Å². The monoisotopic (exact) mass is 517 g/mol. The lowest BCUT2D eigenvalue weighted by molar-refractivity contribution is 0.0160. The first-order chi connectivity index (χ1) is 18.6. The van der Waals surface area contributed by atoms with Gasteiger partial charge in [0, 0.05) is 56.2 Å². The summed E-state index contributed by atoms with van der Waals surface area (Å²) in [4.78, 5) is 17.7. The number of piperazine rings is 1. The van der Waals surface area contributed by atoms with E-state index in [1.807, 2.05) is 6.07 Å². The summed E-state index contributed by atoms with van der Waals surface area (Å²) in [5, 5.41) is 4.43. The molecule has 2 saturated heterocycles. The van der Waals surface area contributed by atoms with Gasteiger partial charge in [-0.05, 0) is 35.7 Å². The van der Waals surface area contributed by atoms with Gasteiger partial charge in [0.05, 0.1) is 27.4 Å². The van der Waals surface area contributed by atoms with E-state index < -0.39 is 0 Å². The fraction of sp³-hybridized carbons (Fsp3) is 0.429. The van der Waals surface area contributed by atoms with Crippen LogP contribution in [0.25, 0.3) is 21.9 Å². The maximum Gasteiger partial charge on any atom is 0.228 e. The van der Waals surface area contributed by atoms with Crippen molar-refractivity contribution in [3.05, 3.63) is 47.5 Å². The molecule has 200 valence electrons. The minimum Gasteiger partial charge on any atom is -0.493 e. The number of fused-ring (bicyclic) bond motifs is 3. The number of hydrogen-bond acceptors (Lipinski definition) is 9. The Morgan fingerprint density at radius 1 is 0.974 bits per heavy atom. The first-order valence-electron chi connectivity index (χ1n) is 13.2. The molecule has 1 unspecified atom stereocenters. The molecule has 1 atom stereocenters. The first-order valence-corrected chi connectivity index (χ1v) is 13.2. The van der Waals surface area contributed by atoms with Crippen molar-refractivity contribution < 1.29 is 14.2 Å². The average Bonchev–Trinajstić information content (AvgIpc) is 3.35. The van der Waals surface area contributed by atoms with E-state index in [1.165, 1.54) is 11.1 Å². The molecule has 4 heterocycles. The highest BCUT2D eigenvalue weighted by Crippen LogP contribution is 2.35. The molecular formula is C28H35N7O3. The Morgan fingerprint density at radius 3 is 2.53 bits per heavy atom. The predicted octanol–water partition coefficient (Wildman–Crippen LogP) is 2.74. The Labute approximate surface area is 222 Å². The molecule has 2 fully saturated rings. The van der Waals surface area contributed by atoms with Crippen LogP contribution in [0.2, 0.25) is 0 Å². The van der Waals surface area contributed by atoms with Gasteiger partial charge in [0.25, 0.3) is 0 Å². The summed E-state index contributed by atoms with van der Waals surface area (Å²) in [7, 11) is 3.34. The van der Waals surface area contributed by atoms with Crippen LogP contribution in [0.5, 0.6) is 11.5 Å². The van der Waals surface area contributed by atoms with Crippen molar-refractivity contribution in [2.75, 3.05) is 77.3 Å². The maximum atomic E-state index is 6.41. The van der Waals surface area contributed by atoms with Crippen LogP contribution in [0.15, 0.2) is 36.4 Å². The summed E-state index contributed by atoms with van der Waals surface area (Å²) in [5.74, 6) is 2.65. The van der Waals surface area contributed by atoms with Crippen LogP contribution in [0.1, 0.15) is 17.2 Å². The quantitative estimate of drug-likeness (QED) is 0.340. The molecule has 10 nitrogen and oxygen atoms in total. The molecule has 2 aromatic carbocycles. The molecular weight excluding hydrogens is 482 g/mol. The molecule has 0 saturated carbocycles. The summed E-state index contributed by atoms with van der Waals surface area (Å²) in [6.45, 7) is 6.82. The maximum absolute atomic E-state index is 6.41. The number of aromatic nitrogens is 3. The lowest BCUT2D eigenvalue weighted by atomic mass is 9.96. The second kappa shape index (κ2) is 10.6. The first kappa shape index (κ1) is 24.7. The number of anilines is 2. The standard InChI is InChI=1S/C28H35N7O3/c1-36-23-6-4-19(17-24(23)37-2)22(34-11-13-38-14-12-34)16-18-3-5-20-21(15-18)31-26-25(20)32-28(33-27(26)29)35-9-7-30-8-10-35/h3-6,15,17,22,30-31H,7-14,16H2,1-2H3,(H2,29,32,33). The average molecular weight is 518 g/mol. The number of ether oxygens (including phenoxy) is 3. The minimum absolute atomic E-state index is 0.171. The molecule has 2 aliphatic rings. The van der Waals surface area contributed by atoms with Crippen LogP contribution in [-0.4, -0.2) is 86.6 Å². The molecule has 38 heavy (non-hydrogen) atoms. The molecule has 4 N–H and O–H groups in total. The second-order valence-electron chi connectivity index (χ2n) is 9.86. The normalized spacial score (nSPS) is 17.7. The second-order valence-corrected chi connectivity index (χ2v) is 9.86. The molecule has 4 aromatic rings. The van der Waals surface area contributed by atoms with E-state index in [0.29, 0.717) is 11.8 Å². The Balaban J connectivity index is 1.35. The van der Waals surface area contributed by atoms with Crippen molar-refractivity contribution in [2.45, 2.75) is 12.5 Å². The van der Waals surface area contributed by atoms with Crippen LogP contribution in [0, 0.1) is 0 Å². The molecule has 2 aromatic heterocycles. The zero-order chi connectivity index (χ0) is 26.1. The summed E-state index contributed by atoms with van der Waals surface area (Å²) in [6.07, 6.45) is 0.841. The molecule has 0 aliphatic carbocycles. The van der Waals surface area contributed by atoms with Gasteiger partial charge >= 0.3 is 0 Å². The van der Waals surface area contributed by atoms with Crippen LogP contribution in [-0.2, 0) is 11.2 Å². The van der Waals surface area contributed by atoms with Crippen molar-refractivity contribution in [3.8, 4) is 11.5 Å². The van der Waals surface area contributed by atoms with Crippen molar-refractivity contribution in [2.24, 2.45) is 0 Å². The molecule has 0 radical (unpaired) electrons. The SMILES string of the molecule is COc1ccc(C(Cc2ccc3c(c2)[nH]c2c(N)nc(N4CCNCC4)nc23)N2CCOCC2)cc1OC. The largest absolute Gasteiger partial charge is 0.493 e. The highest BCUT2D eigenvalue weighted by atomic mass is 16.5. The van der Waals surface area contributed by atoms with Crippen molar-refractivity contribution in [1.29, 1.82) is 0 Å². The molecule has 0 spiro atoms. The van der Waals surface area contributed by atoms with Crippen LogP contribution >= 0.6 is 0 Å². The van der Waals surface area contributed by atoms with E-state index in [4.69, 9.17) is 24.9 Å². The van der Waals surface area contributed by atoms with Gasteiger partial charge in [-0.1, -0.05) is 18.2 Å². The Morgan fingerprint density at radius 2 is 1.76 bits per heavy atom. The number of rotatable bonds is 7. The van der Waals surface area contributed by atoms with E-state index in [-0.39, 0.29) is 6.04 Å². The molecule has 6 rings (SSSR count). The third kappa shape index (κ3) is 4.70. The van der Waals surface area contributed by atoms with E-state index in [1.54, 1.807) is 14.2 Å². The van der Waals surface area contributed by atoms with Gasteiger partial charge in [0.2, 0.25) is 5.95 Å². The number of aromatic amines is 1. The number of benzene rings is 2. The highest BCUT2D eigenvalue weighted by molar-refractivity contribution is 6.08. The molecule has 10 heteroatoms. The number of methoxy groups -OCH3 is 2. The minimum atomic E-state index is 0.171. The lowest BCUT2D eigenvalue weighted by Crippen LogP contribution is -2.44. The summed E-state index contributed by atoms with van der Waals surface area (Å²) in [5.41, 5.74) is 11.5. The van der Waals surface area contributed by atoms with Crippen molar-refractivity contribution in [3.63, 3.8) is 0 Å². The smallest absolute Gasteiger partial charge is 0.228 e. The van der Waals surface area contributed by atoms with Gasteiger partial charge in [-0.3, -0.25) is 4.90 Å². The van der Waals surface area contributed by atoms with Crippen molar-refractivity contribution >= 4 is 33.7 Å². The van der Waals surface area contributed by atoms with Gasteiger partial charge in [-0.15, -0.1) is 0 Å². The van der Waals surface area contributed by atoms with Gasteiger partial charge < -0.3 is 35.1 Å². The number of H-pyrrole nitrogens is 1. The number of nitrogens with two attached hydrogens (primary N) is 1. The third-order valence-corrected chi connectivity index (χ3v) is 7.63. The van der Waals surface area contributed by atoms with Gasteiger partial charge in [0.1, 0.15) is 11.0 Å². The fourth-order valence-corrected chi connectivity index (χ4v) is 5.58. The van der Waals surface area contributed by atoms with E-state index in [2.05, 4.69) is 55.4 Å². The lowest BCUT2D eigenvalue weighted by Gasteiger charge is -2.35. The summed E-state index contributed by atoms with van der Waals surface area (Å²) in [6, 6.07) is 13.0. The topological polar surface area (TPSA) is 114 Å². The van der Waals surface area contributed by atoms with E-state index in [0.717, 1.165) is 92.3 Å². The number of nitrogens with one attached hydrogen (secondary N) is 2. The van der Waals surface area contributed by atoms with Crippen LogP contribution in [0.3, 0.4) is 0 Å². The molecule has 0 amide bonds. The highest BCUT2D eigenvalue weighted by Gasteiger charge is 2.25. The summed E-state index contributed by atoms with van der Waals surface area (Å²) >= 11 is 0. The Hall–Kier alpha value is -3.60. The number of hydrogen-bond donors (Lipinski definition) is 3. The zero-order valence-corrected chi connectivity index (χ0v) is 22.0. The van der Waals surface area contributed by atoms with E-state index >= 15 is 0 Å². The van der Waals surface area contributed by atoms with Crippen LogP contribution < -0.4 is 25.4 Å².